The Balaban J connectivity index is 3.03. The largest absolute Gasteiger partial charge is 0.393 e. The standard InChI is InChI=1S/C12H18N6O2S2/c1-17(2)8(12(14)22)4-3-7(11(13)21)10-9(18(19)20)5-15-6-16-10/h5-8H,3-4H2,1-2H3,(H2,13,21)(H2,14,22). The molecule has 1 heterocycles. The highest BCUT2D eigenvalue weighted by Gasteiger charge is 2.27. The lowest BCUT2D eigenvalue weighted by Crippen LogP contribution is -2.39. The fourth-order valence-electron chi connectivity index (χ4n) is 2.13. The van der Waals surface area contributed by atoms with Crippen molar-refractivity contribution in [2.24, 2.45) is 11.5 Å². The molecule has 120 valence electrons. The molecule has 0 bridgehead atoms. The molecule has 4 N–H and O–H groups in total. The van der Waals surface area contributed by atoms with Crippen LogP contribution in [0.15, 0.2) is 12.5 Å². The highest BCUT2D eigenvalue weighted by atomic mass is 32.1. The molecule has 1 rings (SSSR count). The zero-order valence-electron chi connectivity index (χ0n) is 12.3. The van der Waals surface area contributed by atoms with Crippen molar-refractivity contribution in [2.45, 2.75) is 24.8 Å². The van der Waals surface area contributed by atoms with Crippen LogP contribution < -0.4 is 11.5 Å². The molecule has 0 saturated heterocycles. The first kappa shape index (κ1) is 18.3. The number of aromatic nitrogens is 2. The van der Waals surface area contributed by atoms with Crippen LogP contribution in [-0.4, -0.2) is 49.9 Å². The number of rotatable bonds is 8. The van der Waals surface area contributed by atoms with E-state index in [9.17, 15) is 10.1 Å². The van der Waals surface area contributed by atoms with Gasteiger partial charge in [0.25, 0.3) is 0 Å². The molecule has 0 fully saturated rings. The van der Waals surface area contributed by atoms with Gasteiger partial charge in [0.15, 0.2) is 0 Å². The van der Waals surface area contributed by atoms with Gasteiger partial charge >= 0.3 is 5.69 Å². The molecular weight excluding hydrogens is 324 g/mol. The first-order valence-corrected chi connectivity index (χ1v) is 7.26. The van der Waals surface area contributed by atoms with E-state index >= 15 is 0 Å². The van der Waals surface area contributed by atoms with Crippen molar-refractivity contribution < 1.29 is 4.92 Å². The SMILES string of the molecule is CN(C)C(CCC(C(N)=S)c1ncncc1[N+](=O)[O-])C(N)=S. The van der Waals surface area contributed by atoms with Gasteiger partial charge in [-0.2, -0.15) is 0 Å². The summed E-state index contributed by atoms with van der Waals surface area (Å²) in [6.45, 7) is 0. The molecule has 2 unspecified atom stereocenters. The fourth-order valence-corrected chi connectivity index (χ4v) is 2.69. The monoisotopic (exact) mass is 342 g/mol. The van der Waals surface area contributed by atoms with Crippen molar-refractivity contribution in [1.82, 2.24) is 14.9 Å². The van der Waals surface area contributed by atoms with Crippen molar-refractivity contribution in [3.8, 4) is 0 Å². The number of nitrogens with two attached hydrogens (primary N) is 2. The highest BCUT2D eigenvalue weighted by molar-refractivity contribution is 7.80. The van der Waals surface area contributed by atoms with E-state index in [4.69, 9.17) is 35.9 Å². The summed E-state index contributed by atoms with van der Waals surface area (Å²) in [5, 5.41) is 11.1. The van der Waals surface area contributed by atoms with Gasteiger partial charge in [-0.1, -0.05) is 24.4 Å². The predicted molar refractivity (Wildman–Crippen MR) is 91.7 cm³/mol. The van der Waals surface area contributed by atoms with E-state index < -0.39 is 10.8 Å². The maximum Gasteiger partial charge on any atom is 0.309 e. The van der Waals surface area contributed by atoms with Crippen molar-refractivity contribution in [3.63, 3.8) is 0 Å². The van der Waals surface area contributed by atoms with Crippen molar-refractivity contribution >= 4 is 40.1 Å². The number of nitrogens with zero attached hydrogens (tertiary/aromatic N) is 4. The summed E-state index contributed by atoms with van der Waals surface area (Å²) in [7, 11) is 3.71. The third-order valence-corrected chi connectivity index (χ3v) is 3.83. The summed E-state index contributed by atoms with van der Waals surface area (Å²) >= 11 is 10.1. The molecule has 0 radical (unpaired) electrons. The third-order valence-electron chi connectivity index (χ3n) is 3.27. The first-order chi connectivity index (χ1) is 10.3. The predicted octanol–water partition coefficient (Wildman–Crippen LogP) is 0.751. The fraction of sp³-hybridized carbons (Fsp3) is 0.500. The van der Waals surface area contributed by atoms with Gasteiger partial charge < -0.3 is 16.4 Å². The Morgan fingerprint density at radius 3 is 2.45 bits per heavy atom. The average Bonchev–Trinajstić information content (AvgIpc) is 2.42. The topological polar surface area (TPSA) is 124 Å². The Morgan fingerprint density at radius 2 is 2.00 bits per heavy atom. The van der Waals surface area contributed by atoms with Gasteiger partial charge in [0.05, 0.1) is 26.9 Å². The molecule has 1 aromatic heterocycles. The first-order valence-electron chi connectivity index (χ1n) is 6.45. The van der Waals surface area contributed by atoms with E-state index in [1.807, 2.05) is 19.0 Å². The summed E-state index contributed by atoms with van der Waals surface area (Å²) in [6.07, 6.45) is 3.40. The summed E-state index contributed by atoms with van der Waals surface area (Å²) in [5.41, 5.74) is 11.5. The van der Waals surface area contributed by atoms with Crippen molar-refractivity contribution in [3.05, 3.63) is 28.3 Å². The van der Waals surface area contributed by atoms with E-state index in [0.717, 1.165) is 6.20 Å². The van der Waals surface area contributed by atoms with E-state index in [-0.39, 0.29) is 22.4 Å². The molecule has 10 heteroatoms. The second kappa shape index (κ2) is 8.01. The number of likely N-dealkylation sites (N-methyl/N-ethyl adjacent to an activating group) is 1. The molecule has 8 nitrogen and oxygen atoms in total. The lowest BCUT2D eigenvalue weighted by Gasteiger charge is -2.25. The van der Waals surface area contributed by atoms with Gasteiger partial charge in [0.2, 0.25) is 0 Å². The highest BCUT2D eigenvalue weighted by Crippen LogP contribution is 2.28. The van der Waals surface area contributed by atoms with Crippen LogP contribution in [0.2, 0.25) is 0 Å². The maximum absolute atomic E-state index is 11.1. The number of hydrogen-bond donors (Lipinski definition) is 2. The molecule has 0 aliphatic heterocycles. The van der Waals surface area contributed by atoms with E-state index in [1.165, 1.54) is 6.33 Å². The smallest absolute Gasteiger partial charge is 0.309 e. The van der Waals surface area contributed by atoms with Crippen LogP contribution in [0.1, 0.15) is 24.5 Å². The van der Waals surface area contributed by atoms with Gasteiger partial charge in [-0.15, -0.1) is 0 Å². The molecule has 22 heavy (non-hydrogen) atoms. The van der Waals surface area contributed by atoms with Gasteiger partial charge in [0.1, 0.15) is 18.2 Å². The minimum atomic E-state index is -0.544. The molecule has 0 amide bonds. The Labute approximate surface area is 139 Å². The summed E-state index contributed by atoms with van der Waals surface area (Å²) < 4.78 is 0. The minimum Gasteiger partial charge on any atom is -0.393 e. The Bertz CT molecular complexity index is 580. The zero-order valence-corrected chi connectivity index (χ0v) is 13.9. The minimum absolute atomic E-state index is 0.141. The van der Waals surface area contributed by atoms with E-state index in [0.29, 0.717) is 17.8 Å². The van der Waals surface area contributed by atoms with E-state index in [2.05, 4.69) is 9.97 Å². The van der Waals surface area contributed by atoms with Crippen LogP contribution in [-0.2, 0) is 0 Å². The molecule has 0 aromatic carbocycles. The molecular formula is C12H18N6O2S2. The van der Waals surface area contributed by atoms with Crippen LogP contribution in [0.25, 0.3) is 0 Å². The zero-order chi connectivity index (χ0) is 16.9. The maximum atomic E-state index is 11.1. The van der Waals surface area contributed by atoms with Gasteiger partial charge in [0, 0.05) is 0 Å². The molecule has 0 saturated carbocycles. The number of nitro groups is 1. The van der Waals surface area contributed by atoms with Gasteiger partial charge in [-0.3, -0.25) is 10.1 Å². The van der Waals surface area contributed by atoms with Crippen LogP contribution in [0.4, 0.5) is 5.69 Å². The van der Waals surface area contributed by atoms with Crippen molar-refractivity contribution in [1.29, 1.82) is 0 Å². The lowest BCUT2D eigenvalue weighted by atomic mass is 9.95. The quantitative estimate of drug-likeness (QED) is 0.400. The van der Waals surface area contributed by atoms with Crippen LogP contribution in [0, 0.1) is 10.1 Å². The molecule has 0 aliphatic rings. The summed E-state index contributed by atoms with van der Waals surface area (Å²) in [6, 6.07) is -0.146. The van der Waals surface area contributed by atoms with Gasteiger partial charge in [-0.25, -0.2) is 9.97 Å². The van der Waals surface area contributed by atoms with Crippen molar-refractivity contribution in [2.75, 3.05) is 14.1 Å². The number of hydrogen-bond acceptors (Lipinski definition) is 7. The molecule has 2 atom stereocenters. The normalized spacial score (nSPS) is 13.6. The summed E-state index contributed by atoms with van der Waals surface area (Å²) in [5.74, 6) is -0.532. The third kappa shape index (κ3) is 4.61. The van der Waals surface area contributed by atoms with Gasteiger partial charge in [-0.05, 0) is 26.9 Å². The second-order valence-corrected chi connectivity index (χ2v) is 5.91. The van der Waals surface area contributed by atoms with Crippen LogP contribution >= 0.6 is 24.4 Å². The molecule has 1 aromatic rings. The molecule has 0 aliphatic carbocycles. The average molecular weight is 342 g/mol. The Morgan fingerprint density at radius 1 is 1.36 bits per heavy atom. The van der Waals surface area contributed by atoms with E-state index in [1.54, 1.807) is 0 Å². The molecule has 0 spiro atoms. The summed E-state index contributed by atoms with van der Waals surface area (Å²) in [4.78, 5) is 20.6. The Kier molecular flexibility index (Phi) is 6.65. The second-order valence-electron chi connectivity index (χ2n) is 4.96. The number of thiocarbonyl (C=S) groups is 2. The van der Waals surface area contributed by atoms with Crippen LogP contribution in [0.3, 0.4) is 0 Å². The van der Waals surface area contributed by atoms with Crippen LogP contribution in [0.5, 0.6) is 0 Å². The lowest BCUT2D eigenvalue weighted by molar-refractivity contribution is -0.386. The Hall–Kier alpha value is -1.78.